The molecule has 150 valence electrons. The van der Waals surface area contributed by atoms with E-state index < -0.39 is 0 Å². The molecule has 1 saturated heterocycles. The lowest BCUT2D eigenvalue weighted by Gasteiger charge is -2.37. The van der Waals surface area contributed by atoms with Gasteiger partial charge in [-0.15, -0.1) is 24.8 Å². The standard InChI is InChI=1S/C21H33ClN2.2ClH/c1-23-20-11-13-24(14-12-20)16-21(17-7-4-2-3-5-8-17)18-9-6-10-19(22)15-18;;/h6,9-10,15,17,20-21,23H,2-5,7-8,11-14,16H2,1H3;2*1H. The van der Waals surface area contributed by atoms with E-state index >= 15 is 0 Å². The first-order valence-corrected chi connectivity index (χ1v) is 10.3. The molecule has 2 aliphatic rings. The van der Waals surface area contributed by atoms with Gasteiger partial charge >= 0.3 is 0 Å². The molecule has 3 rings (SSSR count). The number of benzene rings is 1. The van der Waals surface area contributed by atoms with Crippen LogP contribution in [0.4, 0.5) is 0 Å². The Bertz CT molecular complexity index is 496. The smallest absolute Gasteiger partial charge is 0.0408 e. The van der Waals surface area contributed by atoms with Gasteiger partial charge in [-0.05, 0) is 75.4 Å². The summed E-state index contributed by atoms with van der Waals surface area (Å²) in [7, 11) is 2.10. The molecule has 1 saturated carbocycles. The Morgan fingerprint density at radius 3 is 2.27 bits per heavy atom. The van der Waals surface area contributed by atoms with Crippen LogP contribution in [0.5, 0.6) is 0 Å². The molecule has 5 heteroatoms. The molecule has 2 nitrogen and oxygen atoms in total. The average molecular weight is 422 g/mol. The highest BCUT2D eigenvalue weighted by molar-refractivity contribution is 6.30. The fraction of sp³-hybridized carbons (Fsp3) is 0.714. The van der Waals surface area contributed by atoms with E-state index in [0.29, 0.717) is 12.0 Å². The summed E-state index contributed by atoms with van der Waals surface area (Å²) in [6.45, 7) is 3.67. The van der Waals surface area contributed by atoms with Crippen molar-refractivity contribution in [1.29, 1.82) is 0 Å². The minimum Gasteiger partial charge on any atom is -0.317 e. The van der Waals surface area contributed by atoms with Crippen molar-refractivity contribution in [2.24, 2.45) is 5.92 Å². The van der Waals surface area contributed by atoms with Gasteiger partial charge in [0.25, 0.3) is 0 Å². The molecular formula is C21H35Cl3N2. The second-order valence-corrected chi connectivity index (χ2v) is 8.21. The van der Waals surface area contributed by atoms with Crippen LogP contribution < -0.4 is 5.32 Å². The van der Waals surface area contributed by atoms with E-state index in [0.717, 1.165) is 10.9 Å². The number of likely N-dealkylation sites (tertiary alicyclic amines) is 1. The fourth-order valence-electron chi connectivity index (χ4n) is 4.66. The van der Waals surface area contributed by atoms with Gasteiger partial charge < -0.3 is 10.2 Å². The van der Waals surface area contributed by atoms with Gasteiger partial charge in [0, 0.05) is 17.6 Å². The molecule has 0 aromatic heterocycles. The summed E-state index contributed by atoms with van der Waals surface area (Å²) >= 11 is 6.32. The van der Waals surface area contributed by atoms with E-state index in [1.165, 1.54) is 76.6 Å². The molecule has 0 radical (unpaired) electrons. The van der Waals surface area contributed by atoms with Crippen molar-refractivity contribution >= 4 is 36.4 Å². The van der Waals surface area contributed by atoms with E-state index in [2.05, 4.69) is 35.5 Å². The van der Waals surface area contributed by atoms with Gasteiger partial charge in [-0.2, -0.15) is 0 Å². The van der Waals surface area contributed by atoms with Crippen LogP contribution in [0.2, 0.25) is 5.02 Å². The molecule has 1 aliphatic heterocycles. The van der Waals surface area contributed by atoms with Crippen LogP contribution in [0.25, 0.3) is 0 Å². The minimum absolute atomic E-state index is 0. The van der Waals surface area contributed by atoms with Crippen molar-refractivity contribution < 1.29 is 0 Å². The van der Waals surface area contributed by atoms with Crippen LogP contribution in [0.15, 0.2) is 24.3 Å². The number of nitrogens with one attached hydrogen (secondary N) is 1. The quantitative estimate of drug-likeness (QED) is 0.593. The topological polar surface area (TPSA) is 15.3 Å². The van der Waals surface area contributed by atoms with E-state index in [1.54, 1.807) is 0 Å². The third kappa shape index (κ3) is 6.87. The lowest BCUT2D eigenvalue weighted by atomic mass is 9.80. The Labute approximate surface area is 177 Å². The maximum Gasteiger partial charge on any atom is 0.0408 e. The highest BCUT2D eigenvalue weighted by Gasteiger charge is 2.28. The van der Waals surface area contributed by atoms with Gasteiger partial charge in [-0.25, -0.2) is 0 Å². The summed E-state index contributed by atoms with van der Waals surface area (Å²) in [6.07, 6.45) is 11.0. The number of nitrogens with zero attached hydrogens (tertiary/aromatic N) is 1. The van der Waals surface area contributed by atoms with Crippen molar-refractivity contribution in [3.63, 3.8) is 0 Å². The Hall–Kier alpha value is 0.01000. The Balaban J connectivity index is 0.00000169. The maximum absolute atomic E-state index is 6.32. The van der Waals surface area contributed by atoms with Gasteiger partial charge in [0.15, 0.2) is 0 Å². The highest BCUT2D eigenvalue weighted by atomic mass is 35.5. The highest BCUT2D eigenvalue weighted by Crippen LogP contribution is 2.37. The second kappa shape index (κ2) is 12.5. The van der Waals surface area contributed by atoms with Crippen LogP contribution in [-0.4, -0.2) is 37.6 Å². The van der Waals surface area contributed by atoms with Crippen LogP contribution in [0.1, 0.15) is 62.8 Å². The second-order valence-electron chi connectivity index (χ2n) is 7.78. The molecule has 1 unspecified atom stereocenters. The SMILES string of the molecule is CNC1CCN(CC(c2cccc(Cl)c2)C2CCCCCC2)CC1.Cl.Cl. The zero-order valence-corrected chi connectivity index (χ0v) is 18.4. The summed E-state index contributed by atoms with van der Waals surface area (Å²) in [5.74, 6) is 1.47. The summed E-state index contributed by atoms with van der Waals surface area (Å²) in [4.78, 5) is 2.70. The molecule has 1 atom stereocenters. The van der Waals surface area contributed by atoms with Gasteiger partial charge in [0.1, 0.15) is 0 Å². The third-order valence-electron chi connectivity index (χ3n) is 6.20. The molecule has 2 fully saturated rings. The molecule has 1 heterocycles. The third-order valence-corrected chi connectivity index (χ3v) is 6.43. The molecule has 0 amide bonds. The first kappa shape index (κ1) is 24.0. The summed E-state index contributed by atoms with van der Waals surface area (Å²) in [5, 5.41) is 4.33. The van der Waals surface area contributed by atoms with Gasteiger partial charge in [0.2, 0.25) is 0 Å². The predicted molar refractivity (Wildman–Crippen MR) is 118 cm³/mol. The van der Waals surface area contributed by atoms with E-state index in [4.69, 9.17) is 11.6 Å². The Morgan fingerprint density at radius 1 is 1.04 bits per heavy atom. The zero-order chi connectivity index (χ0) is 16.8. The van der Waals surface area contributed by atoms with E-state index in [9.17, 15) is 0 Å². The van der Waals surface area contributed by atoms with Gasteiger partial charge in [0.05, 0.1) is 0 Å². The summed E-state index contributed by atoms with van der Waals surface area (Å²) in [6, 6.07) is 9.38. The molecule has 1 aliphatic carbocycles. The molecule has 1 aromatic rings. The molecule has 0 spiro atoms. The largest absolute Gasteiger partial charge is 0.317 e. The Kier molecular flexibility index (Phi) is 11.5. The number of hydrogen-bond donors (Lipinski definition) is 1. The van der Waals surface area contributed by atoms with Crippen molar-refractivity contribution in [1.82, 2.24) is 10.2 Å². The number of rotatable bonds is 5. The summed E-state index contributed by atoms with van der Waals surface area (Å²) < 4.78 is 0. The lowest BCUT2D eigenvalue weighted by molar-refractivity contribution is 0.171. The molecule has 0 bridgehead atoms. The van der Waals surface area contributed by atoms with E-state index in [-0.39, 0.29) is 24.8 Å². The van der Waals surface area contributed by atoms with Crippen LogP contribution in [-0.2, 0) is 0 Å². The summed E-state index contributed by atoms with van der Waals surface area (Å²) in [5.41, 5.74) is 1.46. The maximum atomic E-state index is 6.32. The lowest BCUT2D eigenvalue weighted by Crippen LogP contribution is -2.43. The Morgan fingerprint density at radius 2 is 1.69 bits per heavy atom. The van der Waals surface area contributed by atoms with Crippen LogP contribution in [0, 0.1) is 5.92 Å². The first-order valence-electron chi connectivity index (χ1n) is 9.91. The predicted octanol–water partition coefficient (Wildman–Crippen LogP) is 5.92. The fourth-order valence-corrected chi connectivity index (χ4v) is 4.86. The molecule has 1 N–H and O–H groups in total. The average Bonchev–Trinajstić information content (AvgIpc) is 2.89. The van der Waals surface area contributed by atoms with Crippen molar-refractivity contribution in [3.8, 4) is 0 Å². The van der Waals surface area contributed by atoms with Crippen LogP contribution in [0.3, 0.4) is 0 Å². The van der Waals surface area contributed by atoms with Crippen molar-refractivity contribution in [2.45, 2.75) is 63.3 Å². The zero-order valence-electron chi connectivity index (χ0n) is 16.0. The molecular weight excluding hydrogens is 387 g/mol. The monoisotopic (exact) mass is 420 g/mol. The number of hydrogen-bond acceptors (Lipinski definition) is 2. The molecule has 1 aromatic carbocycles. The number of piperidine rings is 1. The number of halogens is 3. The van der Waals surface area contributed by atoms with Crippen molar-refractivity contribution in [3.05, 3.63) is 34.9 Å². The first-order chi connectivity index (χ1) is 11.8. The van der Waals surface area contributed by atoms with Crippen molar-refractivity contribution in [2.75, 3.05) is 26.7 Å². The normalized spacial score (nSPS) is 21.3. The van der Waals surface area contributed by atoms with Gasteiger partial charge in [-0.1, -0.05) is 49.4 Å². The minimum atomic E-state index is 0. The molecule has 26 heavy (non-hydrogen) atoms. The van der Waals surface area contributed by atoms with Gasteiger partial charge in [-0.3, -0.25) is 0 Å². The van der Waals surface area contributed by atoms with E-state index in [1.807, 2.05) is 6.07 Å². The van der Waals surface area contributed by atoms with Crippen LogP contribution >= 0.6 is 36.4 Å².